The molecule has 1 saturated carbocycles. The van der Waals surface area contributed by atoms with Crippen molar-refractivity contribution in [3.05, 3.63) is 107 Å². The van der Waals surface area contributed by atoms with Crippen molar-refractivity contribution in [2.24, 2.45) is 23.7 Å². The summed E-state index contributed by atoms with van der Waals surface area (Å²) in [4.78, 5) is 96.8. The molecule has 20 nitrogen and oxygen atoms in total. The van der Waals surface area contributed by atoms with E-state index in [1.54, 1.807) is 48.7 Å². The highest BCUT2D eigenvalue weighted by Gasteiger charge is 2.59. The Hall–Kier alpha value is -6.78. The third kappa shape index (κ3) is 11.7. The molecular weight excluding hydrogens is 943 g/mol. The van der Waals surface area contributed by atoms with Crippen LogP contribution in [0.1, 0.15) is 55.9 Å². The van der Waals surface area contributed by atoms with Crippen molar-refractivity contribution in [3.8, 4) is 0 Å². The second kappa shape index (κ2) is 24.3. The molecule has 5 aliphatic rings. The average Bonchev–Trinajstić information content (AvgIpc) is 4.15. The molecule has 0 spiro atoms. The minimum absolute atomic E-state index is 0.0561. The molecule has 7 amide bonds. The average molecular weight is 1000 g/mol. The minimum atomic E-state index is -1.02. The summed E-state index contributed by atoms with van der Waals surface area (Å²) in [7, 11) is 0. The topological polar surface area (TPSA) is 242 Å². The van der Waals surface area contributed by atoms with Crippen molar-refractivity contribution >= 4 is 69.3 Å². The van der Waals surface area contributed by atoms with E-state index in [0.717, 1.165) is 22.3 Å². The van der Waals surface area contributed by atoms with Gasteiger partial charge in [0, 0.05) is 48.9 Å². The van der Waals surface area contributed by atoms with Gasteiger partial charge in [-0.1, -0.05) is 30.4 Å². The maximum Gasteiger partial charge on any atom is 0.264 e. The van der Waals surface area contributed by atoms with E-state index in [9.17, 15) is 33.6 Å². The van der Waals surface area contributed by atoms with Gasteiger partial charge >= 0.3 is 0 Å². The van der Waals surface area contributed by atoms with Gasteiger partial charge < -0.3 is 44.4 Å². The summed E-state index contributed by atoms with van der Waals surface area (Å²) in [5.41, 5.74) is 4.01. The van der Waals surface area contributed by atoms with Crippen LogP contribution in [0.5, 0.6) is 0 Å². The fourth-order valence-corrected chi connectivity index (χ4v) is 10.1. The van der Waals surface area contributed by atoms with E-state index in [4.69, 9.17) is 28.4 Å². The number of ether oxygens (including phenoxy) is 6. The molecule has 1 unspecified atom stereocenters. The van der Waals surface area contributed by atoms with Crippen LogP contribution >= 0.6 is 0 Å². The monoisotopic (exact) mass is 1000 g/mol. The summed E-state index contributed by atoms with van der Waals surface area (Å²) in [5.74, 6) is -3.13. The third-order valence-electron chi connectivity index (χ3n) is 13.6. The lowest BCUT2D eigenvalue weighted by Crippen LogP contribution is -2.54. The standard InChI is InChI=1S/C53H59N7O13/c61-43-14-13-42(49(63)58-43)60-50(64)39-4-2-5-40(46(39)53(60)67)55-18-20-69-22-24-71-26-28-73-30-29-72-27-25-70-23-21-68-19-17-54-32-36-15-16-56-47-38(36)3-1-6-41(47)57-48(62)33-9-11-37(12-10-33)59-51(65)44-34-7-8-35(31-34)45(44)52(59)66/h1-12,15-16,34-35,42,44-45,54-55H,13-14,17-32H2,(H,57,62)(H,58,61,63)/t34-,35+,42?,44-,45+. The number of anilines is 3. The molecule has 73 heavy (non-hydrogen) atoms. The largest absolute Gasteiger partial charge is 0.382 e. The first-order valence-corrected chi connectivity index (χ1v) is 24.8. The predicted molar refractivity (Wildman–Crippen MR) is 265 cm³/mol. The molecule has 2 saturated heterocycles. The fraction of sp³-hybridized carbons (Fsp3) is 0.434. The number of amides is 7. The molecule has 5 atom stereocenters. The van der Waals surface area contributed by atoms with E-state index in [2.05, 4.69) is 38.4 Å². The van der Waals surface area contributed by atoms with E-state index in [1.807, 2.05) is 24.3 Å². The molecule has 20 heteroatoms. The SMILES string of the molecule is O=C1CCC(N2C(=O)c3cccc(NCCOCCOCCOCCOCCOCCOCCNCc4ccnc5c(NC(=O)c6ccc(N7C(=O)[C@@H]8[C@H](C7=O)[C@@H]7C=C[C@H]8C7)cc6)cccc45)c3C2=O)C(=O)N1. The van der Waals surface area contributed by atoms with Gasteiger partial charge in [-0.3, -0.25) is 53.7 Å². The van der Waals surface area contributed by atoms with Gasteiger partial charge in [-0.25, -0.2) is 0 Å². The quantitative estimate of drug-likeness (QED) is 0.0362. The lowest BCUT2D eigenvalue weighted by Gasteiger charge is -2.27. The molecule has 9 rings (SSSR count). The highest BCUT2D eigenvalue weighted by atomic mass is 16.6. The number of nitrogens with one attached hydrogen (secondary N) is 4. The Morgan fingerprint density at radius 3 is 1.88 bits per heavy atom. The number of allylic oxidation sites excluding steroid dienone is 2. The van der Waals surface area contributed by atoms with E-state index in [0.29, 0.717) is 127 Å². The van der Waals surface area contributed by atoms with Crippen LogP contribution in [0.3, 0.4) is 0 Å². The van der Waals surface area contributed by atoms with Crippen molar-refractivity contribution in [2.45, 2.75) is 31.8 Å². The minimum Gasteiger partial charge on any atom is -0.382 e. The molecule has 4 N–H and O–H groups in total. The molecule has 3 aromatic carbocycles. The molecule has 3 aliphatic heterocycles. The summed E-state index contributed by atoms with van der Waals surface area (Å²) in [6.45, 7) is 6.50. The van der Waals surface area contributed by atoms with Crippen molar-refractivity contribution < 1.29 is 62.0 Å². The smallest absolute Gasteiger partial charge is 0.264 e. The van der Waals surface area contributed by atoms with Crippen LogP contribution in [0.25, 0.3) is 10.9 Å². The molecule has 4 aromatic rings. The van der Waals surface area contributed by atoms with Gasteiger partial charge in [0.05, 0.1) is 119 Å². The van der Waals surface area contributed by atoms with Crippen LogP contribution in [-0.4, -0.2) is 150 Å². The highest BCUT2D eigenvalue weighted by molar-refractivity contribution is 6.26. The van der Waals surface area contributed by atoms with E-state index < -0.39 is 29.7 Å². The first-order chi connectivity index (χ1) is 35.7. The Morgan fingerprint density at radius 2 is 1.25 bits per heavy atom. The second-order valence-corrected chi connectivity index (χ2v) is 18.1. The Balaban J connectivity index is 0.558. The van der Waals surface area contributed by atoms with Gasteiger partial charge in [0.15, 0.2) is 0 Å². The maximum absolute atomic E-state index is 13.4. The van der Waals surface area contributed by atoms with Gasteiger partial charge in [-0.05, 0) is 78.8 Å². The molecule has 3 fully saturated rings. The van der Waals surface area contributed by atoms with Crippen LogP contribution in [0.2, 0.25) is 0 Å². The van der Waals surface area contributed by atoms with E-state index >= 15 is 0 Å². The number of pyridine rings is 1. The fourth-order valence-electron chi connectivity index (χ4n) is 10.1. The Kier molecular flexibility index (Phi) is 17.0. The number of carbonyl (C=O) groups excluding carboxylic acids is 7. The number of hydrogen-bond donors (Lipinski definition) is 4. The lowest BCUT2D eigenvalue weighted by atomic mass is 9.85. The highest BCUT2D eigenvalue weighted by Crippen LogP contribution is 2.53. The summed E-state index contributed by atoms with van der Waals surface area (Å²) in [5, 5.41) is 12.6. The molecule has 1 aromatic heterocycles. The van der Waals surface area contributed by atoms with Crippen molar-refractivity contribution in [1.82, 2.24) is 20.5 Å². The number of benzene rings is 3. The Bertz CT molecular complexity index is 2700. The number of para-hydroxylation sites is 1. The first-order valence-electron chi connectivity index (χ1n) is 24.8. The summed E-state index contributed by atoms with van der Waals surface area (Å²) in [6.07, 6.45) is 6.88. The maximum atomic E-state index is 13.4. The third-order valence-corrected chi connectivity index (χ3v) is 13.6. The molecule has 4 heterocycles. The van der Waals surface area contributed by atoms with E-state index in [1.165, 1.54) is 4.90 Å². The van der Waals surface area contributed by atoms with Crippen molar-refractivity contribution in [2.75, 3.05) is 108 Å². The summed E-state index contributed by atoms with van der Waals surface area (Å²) < 4.78 is 33.6. The van der Waals surface area contributed by atoms with Gasteiger partial charge in [-0.15, -0.1) is 0 Å². The van der Waals surface area contributed by atoms with Crippen molar-refractivity contribution in [1.29, 1.82) is 0 Å². The number of imide groups is 3. The zero-order valence-electron chi connectivity index (χ0n) is 40.3. The Labute approximate surface area is 421 Å². The predicted octanol–water partition coefficient (Wildman–Crippen LogP) is 3.50. The lowest BCUT2D eigenvalue weighted by molar-refractivity contribution is -0.136. The number of fused-ring (bicyclic) bond motifs is 7. The van der Waals surface area contributed by atoms with E-state index in [-0.39, 0.29) is 65.4 Å². The Morgan fingerprint density at radius 1 is 0.658 bits per heavy atom. The number of hydrogen-bond acceptors (Lipinski definition) is 16. The van der Waals surface area contributed by atoms with Gasteiger partial charge in [0.1, 0.15) is 6.04 Å². The number of rotatable bonds is 28. The van der Waals surface area contributed by atoms with Gasteiger partial charge in [0.25, 0.3) is 17.7 Å². The number of nitrogens with zero attached hydrogens (tertiary/aromatic N) is 3. The van der Waals surface area contributed by atoms with Crippen molar-refractivity contribution in [3.63, 3.8) is 0 Å². The van der Waals surface area contributed by atoms with Crippen LogP contribution in [0, 0.1) is 23.7 Å². The van der Waals surface area contributed by atoms with Crippen LogP contribution in [0.15, 0.2) is 85.1 Å². The van der Waals surface area contributed by atoms with Crippen LogP contribution in [-0.2, 0) is 54.1 Å². The van der Waals surface area contributed by atoms with Gasteiger partial charge in [-0.2, -0.15) is 0 Å². The first kappa shape index (κ1) is 51.1. The molecule has 2 aliphatic carbocycles. The zero-order chi connectivity index (χ0) is 50.7. The molecule has 384 valence electrons. The zero-order valence-corrected chi connectivity index (χ0v) is 40.3. The second-order valence-electron chi connectivity index (χ2n) is 18.1. The van der Waals surface area contributed by atoms with Gasteiger partial charge in [0.2, 0.25) is 23.6 Å². The van der Waals surface area contributed by atoms with Crippen LogP contribution < -0.4 is 26.2 Å². The molecule has 0 radical (unpaired) electrons. The van der Waals surface area contributed by atoms with Crippen LogP contribution in [0.4, 0.5) is 17.1 Å². The molecule has 2 bridgehead atoms. The summed E-state index contributed by atoms with van der Waals surface area (Å²) >= 11 is 0. The number of piperidine rings is 1. The molecular formula is C53H59N7O13. The number of aromatic nitrogens is 1. The number of carbonyl (C=O) groups is 7. The normalized spacial score (nSPS) is 20.9. The summed E-state index contributed by atoms with van der Waals surface area (Å²) in [6, 6.07) is 18.1.